The van der Waals surface area contributed by atoms with Crippen LogP contribution in [0.5, 0.6) is 0 Å². The molecule has 1 fully saturated rings. The van der Waals surface area contributed by atoms with Gasteiger partial charge in [0.15, 0.2) is 5.82 Å². The van der Waals surface area contributed by atoms with Crippen molar-refractivity contribution in [1.29, 1.82) is 0 Å². The van der Waals surface area contributed by atoms with E-state index in [1.807, 2.05) is 13.2 Å². The van der Waals surface area contributed by atoms with Gasteiger partial charge in [0, 0.05) is 0 Å². The first-order valence-electron chi connectivity index (χ1n) is 6.04. The summed E-state index contributed by atoms with van der Waals surface area (Å²) in [6.45, 7) is 4.38. The van der Waals surface area contributed by atoms with Gasteiger partial charge < -0.3 is 14.4 Å². The molecular formula is C11H19N3O3S. The molecule has 1 aromatic rings. The lowest BCUT2D eigenvalue weighted by Gasteiger charge is -2.26. The Balaban J connectivity index is 1.96. The van der Waals surface area contributed by atoms with Crippen molar-refractivity contribution in [3.8, 4) is 0 Å². The fourth-order valence-corrected chi connectivity index (χ4v) is 2.44. The lowest BCUT2D eigenvalue weighted by atomic mass is 10.2. The minimum atomic E-state index is -0.432. The Kier molecular flexibility index (Phi) is 4.99. The van der Waals surface area contributed by atoms with Crippen LogP contribution in [0.3, 0.4) is 0 Å². The Morgan fingerprint density at radius 1 is 1.50 bits per heavy atom. The van der Waals surface area contributed by atoms with Gasteiger partial charge in [-0.05, 0) is 12.8 Å². The summed E-state index contributed by atoms with van der Waals surface area (Å²) < 4.78 is 10.5. The number of aliphatic hydroxyl groups excluding tert-OH is 1. The van der Waals surface area contributed by atoms with Crippen LogP contribution in [0.15, 0.2) is 4.52 Å². The van der Waals surface area contributed by atoms with E-state index in [0.29, 0.717) is 25.6 Å². The van der Waals surface area contributed by atoms with Gasteiger partial charge in [-0.25, -0.2) is 0 Å². The minimum Gasteiger partial charge on any atom is -0.389 e. The van der Waals surface area contributed by atoms with Crippen molar-refractivity contribution in [3.05, 3.63) is 11.7 Å². The van der Waals surface area contributed by atoms with Crippen LogP contribution < -0.4 is 0 Å². The molecule has 102 valence electrons. The van der Waals surface area contributed by atoms with Gasteiger partial charge in [0.2, 0.25) is 5.89 Å². The van der Waals surface area contributed by atoms with Gasteiger partial charge in [-0.2, -0.15) is 16.7 Å². The molecule has 0 amide bonds. The van der Waals surface area contributed by atoms with E-state index in [0.717, 1.165) is 18.1 Å². The van der Waals surface area contributed by atoms with Crippen LogP contribution in [0.1, 0.15) is 18.6 Å². The smallest absolute Gasteiger partial charge is 0.240 e. The molecular weight excluding hydrogens is 254 g/mol. The number of ether oxygens (including phenoxy) is 1. The standard InChI is InChI=1S/C11H19N3O3S/c1-3-14(8-5-16-6-9(8)15)4-11-12-10(7-18-2)13-17-11/h8-9,15H,3-7H2,1-2H3/t8-,9-/m1/s1. The van der Waals surface area contributed by atoms with Crippen LogP contribution in [0.25, 0.3) is 0 Å². The summed E-state index contributed by atoms with van der Waals surface area (Å²) in [6.07, 6.45) is 1.57. The maximum Gasteiger partial charge on any atom is 0.240 e. The van der Waals surface area contributed by atoms with Crippen molar-refractivity contribution in [1.82, 2.24) is 15.0 Å². The summed E-state index contributed by atoms with van der Waals surface area (Å²) in [5, 5.41) is 13.7. The van der Waals surface area contributed by atoms with E-state index in [-0.39, 0.29) is 6.04 Å². The predicted octanol–water partition coefficient (Wildman–Crippen LogP) is 0.514. The highest BCUT2D eigenvalue weighted by atomic mass is 32.2. The highest BCUT2D eigenvalue weighted by molar-refractivity contribution is 7.97. The molecule has 2 atom stereocenters. The minimum absolute atomic E-state index is 0.0194. The number of aliphatic hydroxyl groups is 1. The van der Waals surface area contributed by atoms with Gasteiger partial charge in [0.1, 0.15) is 0 Å². The first-order chi connectivity index (χ1) is 8.74. The molecule has 0 bridgehead atoms. The Morgan fingerprint density at radius 2 is 2.33 bits per heavy atom. The third-order valence-electron chi connectivity index (χ3n) is 3.02. The van der Waals surface area contributed by atoms with Crippen LogP contribution in [0, 0.1) is 0 Å². The van der Waals surface area contributed by atoms with Gasteiger partial charge in [0.05, 0.1) is 37.7 Å². The van der Waals surface area contributed by atoms with Crippen molar-refractivity contribution in [2.45, 2.75) is 31.4 Å². The van der Waals surface area contributed by atoms with E-state index in [9.17, 15) is 5.11 Å². The third kappa shape index (κ3) is 3.23. The summed E-state index contributed by atoms with van der Waals surface area (Å²) in [7, 11) is 0. The van der Waals surface area contributed by atoms with Crippen molar-refractivity contribution in [3.63, 3.8) is 0 Å². The third-order valence-corrected chi connectivity index (χ3v) is 3.57. The van der Waals surface area contributed by atoms with E-state index >= 15 is 0 Å². The monoisotopic (exact) mass is 273 g/mol. The summed E-state index contributed by atoms with van der Waals surface area (Å²) >= 11 is 1.66. The zero-order chi connectivity index (χ0) is 13.0. The van der Waals surface area contributed by atoms with Gasteiger partial charge in [-0.3, -0.25) is 4.90 Å². The van der Waals surface area contributed by atoms with Gasteiger partial charge in [-0.1, -0.05) is 12.1 Å². The van der Waals surface area contributed by atoms with Crippen LogP contribution in [0.4, 0.5) is 0 Å². The fraction of sp³-hybridized carbons (Fsp3) is 0.818. The van der Waals surface area contributed by atoms with Crippen LogP contribution in [-0.4, -0.2) is 58.3 Å². The molecule has 1 N–H and O–H groups in total. The highest BCUT2D eigenvalue weighted by Crippen LogP contribution is 2.16. The van der Waals surface area contributed by atoms with Crippen molar-refractivity contribution >= 4 is 11.8 Å². The van der Waals surface area contributed by atoms with Gasteiger partial charge >= 0.3 is 0 Å². The maximum absolute atomic E-state index is 9.82. The average molecular weight is 273 g/mol. The van der Waals surface area contributed by atoms with E-state index in [1.54, 1.807) is 11.8 Å². The molecule has 2 rings (SSSR count). The number of rotatable bonds is 6. The van der Waals surface area contributed by atoms with E-state index < -0.39 is 6.10 Å². The molecule has 1 aliphatic rings. The summed E-state index contributed by atoms with van der Waals surface area (Å²) in [6, 6.07) is 0.0194. The first-order valence-corrected chi connectivity index (χ1v) is 7.44. The lowest BCUT2D eigenvalue weighted by molar-refractivity contribution is 0.0744. The Bertz CT molecular complexity index is 374. The average Bonchev–Trinajstić information content (AvgIpc) is 2.96. The largest absolute Gasteiger partial charge is 0.389 e. The summed E-state index contributed by atoms with van der Waals surface area (Å²) in [5.41, 5.74) is 0. The zero-order valence-corrected chi connectivity index (χ0v) is 11.5. The zero-order valence-electron chi connectivity index (χ0n) is 10.7. The molecule has 0 aliphatic carbocycles. The van der Waals surface area contributed by atoms with Gasteiger partial charge in [0.25, 0.3) is 0 Å². The molecule has 6 nitrogen and oxygen atoms in total. The van der Waals surface area contributed by atoms with Crippen molar-refractivity contribution < 1.29 is 14.4 Å². The number of nitrogens with zero attached hydrogens (tertiary/aromatic N) is 3. The normalized spacial score (nSPS) is 24.0. The van der Waals surface area contributed by atoms with Crippen LogP contribution >= 0.6 is 11.8 Å². The van der Waals surface area contributed by atoms with E-state index in [2.05, 4.69) is 15.0 Å². The van der Waals surface area contributed by atoms with Crippen molar-refractivity contribution in [2.24, 2.45) is 0 Å². The molecule has 18 heavy (non-hydrogen) atoms. The maximum atomic E-state index is 9.82. The molecule has 1 aromatic heterocycles. The Morgan fingerprint density at radius 3 is 2.94 bits per heavy atom. The second-order valence-corrected chi connectivity index (χ2v) is 5.14. The SMILES string of the molecule is CCN(Cc1nc(CSC)no1)[C@@H]1COC[C@H]1O. The van der Waals surface area contributed by atoms with E-state index in [4.69, 9.17) is 9.26 Å². The number of hydrogen-bond donors (Lipinski definition) is 1. The number of aromatic nitrogens is 2. The molecule has 0 saturated carbocycles. The summed E-state index contributed by atoms with van der Waals surface area (Å²) in [5.74, 6) is 2.07. The highest BCUT2D eigenvalue weighted by Gasteiger charge is 2.31. The second-order valence-electron chi connectivity index (χ2n) is 4.27. The molecule has 0 radical (unpaired) electrons. The predicted molar refractivity (Wildman–Crippen MR) is 68.2 cm³/mol. The molecule has 7 heteroatoms. The molecule has 0 unspecified atom stereocenters. The van der Waals surface area contributed by atoms with Crippen LogP contribution in [0.2, 0.25) is 0 Å². The van der Waals surface area contributed by atoms with E-state index in [1.165, 1.54) is 0 Å². The van der Waals surface area contributed by atoms with Gasteiger partial charge in [-0.15, -0.1) is 0 Å². The molecule has 1 aliphatic heterocycles. The second kappa shape index (κ2) is 6.51. The first kappa shape index (κ1) is 13.8. The number of likely N-dealkylation sites (N-methyl/N-ethyl adjacent to an activating group) is 1. The molecule has 2 heterocycles. The Labute approximate surface area is 111 Å². The molecule has 0 spiro atoms. The number of hydrogen-bond acceptors (Lipinski definition) is 7. The Hall–Kier alpha value is -0.630. The number of thioether (sulfide) groups is 1. The fourth-order valence-electron chi connectivity index (χ4n) is 2.06. The van der Waals surface area contributed by atoms with Crippen molar-refractivity contribution in [2.75, 3.05) is 26.0 Å². The molecule has 0 aromatic carbocycles. The molecule has 1 saturated heterocycles. The quantitative estimate of drug-likeness (QED) is 0.810. The topological polar surface area (TPSA) is 71.6 Å². The summed E-state index contributed by atoms with van der Waals surface area (Å²) in [4.78, 5) is 6.43. The lowest BCUT2D eigenvalue weighted by Crippen LogP contribution is -2.42. The van der Waals surface area contributed by atoms with Crippen LogP contribution in [-0.2, 0) is 17.0 Å².